The molecular formula is C15H17Cl2N3. The third-order valence-electron chi connectivity index (χ3n) is 3.31. The summed E-state index contributed by atoms with van der Waals surface area (Å²) in [5, 5.41) is 1.30. The number of aryl methyl sites for hydroxylation is 2. The highest BCUT2D eigenvalue weighted by molar-refractivity contribution is 6.36. The summed E-state index contributed by atoms with van der Waals surface area (Å²) in [4.78, 5) is 4.47. The molecule has 2 rings (SSSR count). The van der Waals surface area contributed by atoms with Crippen LogP contribution in [0.25, 0.3) is 0 Å². The van der Waals surface area contributed by atoms with Crippen molar-refractivity contribution in [1.29, 1.82) is 0 Å². The Hall–Kier alpha value is -1.13. The lowest BCUT2D eigenvalue weighted by Gasteiger charge is -2.19. The lowest BCUT2D eigenvalue weighted by Crippen LogP contribution is -2.30. The summed E-state index contributed by atoms with van der Waals surface area (Å²) in [6.45, 7) is 3.94. The average Bonchev–Trinajstić information content (AvgIpc) is 2.40. The van der Waals surface area contributed by atoms with E-state index in [1.54, 1.807) is 0 Å². The molecule has 1 aromatic heterocycles. The van der Waals surface area contributed by atoms with Gasteiger partial charge in [-0.2, -0.15) is 0 Å². The van der Waals surface area contributed by atoms with Crippen molar-refractivity contribution in [3.63, 3.8) is 0 Å². The zero-order chi connectivity index (χ0) is 14.7. The van der Waals surface area contributed by atoms with Gasteiger partial charge in [0.1, 0.15) is 0 Å². The molecule has 0 saturated carbocycles. The second-order valence-corrected chi connectivity index (χ2v) is 5.57. The highest BCUT2D eigenvalue weighted by Gasteiger charge is 2.17. The molecule has 0 aliphatic rings. The van der Waals surface area contributed by atoms with Crippen molar-refractivity contribution >= 4 is 23.2 Å². The van der Waals surface area contributed by atoms with E-state index in [1.165, 1.54) is 0 Å². The molecule has 1 unspecified atom stereocenters. The van der Waals surface area contributed by atoms with Crippen LogP contribution >= 0.6 is 23.2 Å². The van der Waals surface area contributed by atoms with Gasteiger partial charge in [0.2, 0.25) is 0 Å². The van der Waals surface area contributed by atoms with Crippen molar-refractivity contribution in [2.24, 2.45) is 5.84 Å². The van der Waals surface area contributed by atoms with Gasteiger partial charge < -0.3 is 0 Å². The lowest BCUT2D eigenvalue weighted by molar-refractivity contribution is 0.547. The van der Waals surface area contributed by atoms with E-state index in [4.69, 9.17) is 29.0 Å². The van der Waals surface area contributed by atoms with Gasteiger partial charge in [0.15, 0.2) is 0 Å². The molecule has 0 spiro atoms. The number of benzene rings is 1. The van der Waals surface area contributed by atoms with Crippen molar-refractivity contribution < 1.29 is 0 Å². The Balaban J connectivity index is 2.34. The van der Waals surface area contributed by atoms with Crippen molar-refractivity contribution in [3.05, 3.63) is 62.9 Å². The Kier molecular flexibility index (Phi) is 5.00. The third-order valence-corrected chi connectivity index (χ3v) is 4.02. The smallest absolute Gasteiger partial charge is 0.0519 e. The Morgan fingerprint density at radius 1 is 1.15 bits per heavy atom. The monoisotopic (exact) mass is 309 g/mol. The fourth-order valence-electron chi connectivity index (χ4n) is 2.26. The summed E-state index contributed by atoms with van der Waals surface area (Å²) in [6.07, 6.45) is 0.612. The number of aromatic nitrogens is 1. The second-order valence-electron chi connectivity index (χ2n) is 4.75. The van der Waals surface area contributed by atoms with E-state index in [1.807, 2.05) is 44.2 Å². The standard InChI is InChI=1S/C15H17Cl2N3/c1-9-6-7-11(10(2)19-9)15(20-18)8-12-13(16)4-3-5-14(12)17/h3-7,15,20H,8,18H2,1-2H3. The first-order valence-electron chi connectivity index (χ1n) is 6.36. The predicted octanol–water partition coefficient (Wildman–Crippen LogP) is 3.75. The van der Waals surface area contributed by atoms with E-state index in [9.17, 15) is 0 Å². The fraction of sp³-hybridized carbons (Fsp3) is 0.267. The van der Waals surface area contributed by atoms with Crippen LogP contribution in [0.1, 0.15) is 28.6 Å². The molecule has 0 radical (unpaired) electrons. The van der Waals surface area contributed by atoms with Gasteiger partial charge in [0.05, 0.1) is 6.04 Å². The second kappa shape index (κ2) is 6.55. The first-order chi connectivity index (χ1) is 9.52. The quantitative estimate of drug-likeness (QED) is 0.668. The minimum absolute atomic E-state index is 0.0829. The van der Waals surface area contributed by atoms with Crippen molar-refractivity contribution in [2.45, 2.75) is 26.3 Å². The first kappa shape index (κ1) is 15.3. The molecule has 1 atom stereocenters. The minimum atomic E-state index is -0.0829. The van der Waals surface area contributed by atoms with E-state index < -0.39 is 0 Å². The van der Waals surface area contributed by atoms with Crippen molar-refractivity contribution in [1.82, 2.24) is 10.4 Å². The zero-order valence-corrected chi connectivity index (χ0v) is 13.0. The number of pyridine rings is 1. The molecule has 5 heteroatoms. The van der Waals surface area contributed by atoms with E-state index in [-0.39, 0.29) is 6.04 Å². The summed E-state index contributed by atoms with van der Waals surface area (Å²) in [5.74, 6) is 5.70. The largest absolute Gasteiger partial charge is 0.271 e. The third kappa shape index (κ3) is 3.30. The number of nitrogens with one attached hydrogen (secondary N) is 1. The van der Waals surface area contributed by atoms with Crippen LogP contribution in [0.4, 0.5) is 0 Å². The van der Waals surface area contributed by atoms with Gasteiger partial charge in [-0.3, -0.25) is 16.3 Å². The van der Waals surface area contributed by atoms with Gasteiger partial charge in [-0.1, -0.05) is 35.3 Å². The normalized spacial score (nSPS) is 12.4. The van der Waals surface area contributed by atoms with Crippen LogP contribution in [0.5, 0.6) is 0 Å². The Labute approximate surface area is 129 Å². The summed E-state index contributed by atoms with van der Waals surface area (Å²) < 4.78 is 0. The molecule has 2 aromatic rings. The highest BCUT2D eigenvalue weighted by Crippen LogP contribution is 2.29. The van der Waals surface area contributed by atoms with Gasteiger partial charge in [-0.05, 0) is 49.6 Å². The molecule has 3 nitrogen and oxygen atoms in total. The van der Waals surface area contributed by atoms with Crippen LogP contribution < -0.4 is 11.3 Å². The number of hydrogen-bond donors (Lipinski definition) is 2. The SMILES string of the molecule is Cc1ccc(C(Cc2c(Cl)cccc2Cl)NN)c(C)n1. The van der Waals surface area contributed by atoms with E-state index in [2.05, 4.69) is 10.4 Å². The predicted molar refractivity (Wildman–Crippen MR) is 83.9 cm³/mol. The maximum atomic E-state index is 6.21. The summed E-state index contributed by atoms with van der Waals surface area (Å²) in [6, 6.07) is 9.42. The molecular weight excluding hydrogens is 293 g/mol. The molecule has 106 valence electrons. The summed E-state index contributed by atoms with van der Waals surface area (Å²) >= 11 is 12.4. The van der Waals surface area contributed by atoms with Crippen LogP contribution in [-0.4, -0.2) is 4.98 Å². The highest BCUT2D eigenvalue weighted by atomic mass is 35.5. The molecule has 1 aromatic carbocycles. The molecule has 20 heavy (non-hydrogen) atoms. The maximum Gasteiger partial charge on any atom is 0.0519 e. The molecule has 0 bridgehead atoms. The average molecular weight is 310 g/mol. The van der Waals surface area contributed by atoms with Gasteiger partial charge in [-0.15, -0.1) is 0 Å². The summed E-state index contributed by atoms with van der Waals surface area (Å²) in [7, 11) is 0. The van der Waals surface area contributed by atoms with E-state index in [0.717, 1.165) is 22.5 Å². The minimum Gasteiger partial charge on any atom is -0.271 e. The Bertz CT molecular complexity index is 594. The van der Waals surface area contributed by atoms with E-state index >= 15 is 0 Å². The van der Waals surface area contributed by atoms with Crippen LogP contribution in [0.15, 0.2) is 30.3 Å². The number of hydrazine groups is 1. The Morgan fingerprint density at radius 2 is 1.80 bits per heavy atom. The van der Waals surface area contributed by atoms with E-state index in [0.29, 0.717) is 16.5 Å². The van der Waals surface area contributed by atoms with Gasteiger partial charge in [0.25, 0.3) is 0 Å². The number of hydrogen-bond acceptors (Lipinski definition) is 3. The van der Waals surface area contributed by atoms with Gasteiger partial charge in [-0.25, -0.2) is 0 Å². The molecule has 0 amide bonds. The molecule has 0 aliphatic carbocycles. The van der Waals surface area contributed by atoms with Crippen LogP contribution in [0.2, 0.25) is 10.0 Å². The van der Waals surface area contributed by atoms with Crippen LogP contribution in [0.3, 0.4) is 0 Å². The fourth-order valence-corrected chi connectivity index (χ4v) is 2.81. The molecule has 3 N–H and O–H groups in total. The molecule has 1 heterocycles. The number of rotatable bonds is 4. The topological polar surface area (TPSA) is 50.9 Å². The lowest BCUT2D eigenvalue weighted by atomic mass is 9.98. The van der Waals surface area contributed by atoms with Crippen molar-refractivity contribution in [3.8, 4) is 0 Å². The van der Waals surface area contributed by atoms with Crippen LogP contribution in [0, 0.1) is 13.8 Å². The molecule has 0 fully saturated rings. The molecule has 0 saturated heterocycles. The maximum absolute atomic E-state index is 6.21. The van der Waals surface area contributed by atoms with Gasteiger partial charge in [0, 0.05) is 21.4 Å². The number of halogens is 2. The first-order valence-corrected chi connectivity index (χ1v) is 7.11. The van der Waals surface area contributed by atoms with Crippen molar-refractivity contribution in [2.75, 3.05) is 0 Å². The van der Waals surface area contributed by atoms with Crippen LogP contribution in [-0.2, 0) is 6.42 Å². The summed E-state index contributed by atoms with van der Waals surface area (Å²) in [5.41, 5.74) is 6.70. The van der Waals surface area contributed by atoms with Gasteiger partial charge >= 0.3 is 0 Å². The number of nitrogens with two attached hydrogens (primary N) is 1. The number of nitrogens with zero attached hydrogens (tertiary/aromatic N) is 1. The Morgan fingerprint density at radius 3 is 2.35 bits per heavy atom. The molecule has 0 aliphatic heterocycles. The zero-order valence-electron chi connectivity index (χ0n) is 11.5.